The van der Waals surface area contributed by atoms with Crippen LogP contribution in [0.3, 0.4) is 0 Å². The van der Waals surface area contributed by atoms with Crippen LogP contribution in [0.4, 0.5) is 0 Å². The van der Waals surface area contributed by atoms with Crippen molar-refractivity contribution in [2.45, 2.75) is 58.6 Å². The van der Waals surface area contributed by atoms with Crippen LogP contribution in [0, 0.1) is 6.92 Å². The fourth-order valence-electron chi connectivity index (χ4n) is 1.98. The Hall–Kier alpha value is -0.800. The highest BCUT2D eigenvalue weighted by Gasteiger charge is 2.22. The summed E-state index contributed by atoms with van der Waals surface area (Å²) >= 11 is 0. The van der Waals surface area contributed by atoms with E-state index >= 15 is 0 Å². The third-order valence-electron chi connectivity index (χ3n) is 3.45. The largest absolute Gasteiger partial charge is 0.467 e. The van der Waals surface area contributed by atoms with Crippen molar-refractivity contribution in [2.75, 3.05) is 13.7 Å². The zero-order valence-electron chi connectivity index (χ0n) is 12.4. The molecule has 1 heterocycles. The summed E-state index contributed by atoms with van der Waals surface area (Å²) in [7, 11) is 1.77. The molecule has 0 aliphatic rings. The normalized spacial score (nSPS) is 13.8. The molecule has 0 amide bonds. The molecule has 18 heavy (non-hydrogen) atoms. The van der Waals surface area contributed by atoms with Crippen LogP contribution in [0.2, 0.25) is 0 Å². The lowest BCUT2D eigenvalue weighted by atomic mass is 9.96. The smallest absolute Gasteiger partial charge is 0.123 e. The molecule has 0 fully saturated rings. The Kier molecular flexibility index (Phi) is 5.89. The molecule has 1 N–H and O–H groups in total. The Morgan fingerprint density at radius 2 is 2.17 bits per heavy atom. The third-order valence-corrected chi connectivity index (χ3v) is 3.45. The first-order chi connectivity index (χ1) is 8.50. The van der Waals surface area contributed by atoms with Gasteiger partial charge in [-0.25, -0.2) is 0 Å². The second kappa shape index (κ2) is 6.95. The van der Waals surface area contributed by atoms with E-state index in [0.717, 1.165) is 31.6 Å². The lowest BCUT2D eigenvalue weighted by Gasteiger charge is -2.26. The number of hydrogen-bond acceptors (Lipinski definition) is 3. The number of methoxy groups -OCH3 is 1. The van der Waals surface area contributed by atoms with Gasteiger partial charge in [-0.05, 0) is 58.2 Å². The average Bonchev–Trinajstić information content (AvgIpc) is 2.76. The summed E-state index contributed by atoms with van der Waals surface area (Å²) in [5, 5.41) is 3.56. The van der Waals surface area contributed by atoms with Crippen molar-refractivity contribution in [3.8, 4) is 0 Å². The van der Waals surface area contributed by atoms with Crippen molar-refractivity contribution in [3.63, 3.8) is 0 Å². The number of ether oxygens (including phenoxy) is 1. The minimum atomic E-state index is -0.0767. The van der Waals surface area contributed by atoms with E-state index in [-0.39, 0.29) is 11.6 Å². The molecule has 104 valence electrons. The van der Waals surface area contributed by atoms with Gasteiger partial charge in [0, 0.05) is 7.11 Å². The van der Waals surface area contributed by atoms with E-state index in [4.69, 9.17) is 9.15 Å². The first kappa shape index (κ1) is 15.3. The molecular weight excluding hydrogens is 226 g/mol. The van der Waals surface area contributed by atoms with Crippen LogP contribution < -0.4 is 5.32 Å². The zero-order chi connectivity index (χ0) is 13.6. The van der Waals surface area contributed by atoms with Crippen LogP contribution in [-0.4, -0.2) is 19.3 Å². The highest BCUT2D eigenvalue weighted by atomic mass is 16.5. The van der Waals surface area contributed by atoms with Crippen LogP contribution in [0.1, 0.15) is 57.4 Å². The van der Waals surface area contributed by atoms with Gasteiger partial charge in [-0.3, -0.25) is 0 Å². The molecule has 0 aliphatic heterocycles. The van der Waals surface area contributed by atoms with Crippen LogP contribution in [-0.2, 0) is 4.74 Å². The summed E-state index contributed by atoms with van der Waals surface area (Å²) < 4.78 is 11.1. The van der Waals surface area contributed by atoms with Crippen molar-refractivity contribution in [3.05, 3.63) is 23.7 Å². The van der Waals surface area contributed by atoms with E-state index in [1.165, 1.54) is 5.56 Å². The topological polar surface area (TPSA) is 34.4 Å². The molecule has 0 aliphatic carbocycles. The fraction of sp³-hybridized carbons (Fsp3) is 0.733. The summed E-state index contributed by atoms with van der Waals surface area (Å²) in [6.07, 6.45) is 4.93. The predicted molar refractivity (Wildman–Crippen MR) is 74.8 cm³/mol. The molecule has 0 radical (unpaired) electrons. The van der Waals surface area contributed by atoms with E-state index in [1.54, 1.807) is 13.4 Å². The lowest BCUT2D eigenvalue weighted by molar-refractivity contribution is 0.0112. The summed E-state index contributed by atoms with van der Waals surface area (Å²) in [4.78, 5) is 0. The quantitative estimate of drug-likeness (QED) is 0.764. The maximum atomic E-state index is 5.62. The molecule has 0 saturated carbocycles. The molecular formula is C15H27NO2. The van der Waals surface area contributed by atoms with Crippen LogP contribution in [0.5, 0.6) is 0 Å². The standard InChI is InChI=1S/C15H27NO2/c1-6-10-16-13(7-9-15(3,4)17-5)14-12(2)8-11-18-14/h8,11,13,16H,6-7,9-10H2,1-5H3. The van der Waals surface area contributed by atoms with Gasteiger partial charge in [-0.1, -0.05) is 6.92 Å². The average molecular weight is 253 g/mol. The maximum Gasteiger partial charge on any atom is 0.123 e. The molecule has 1 unspecified atom stereocenters. The van der Waals surface area contributed by atoms with Gasteiger partial charge in [0.2, 0.25) is 0 Å². The van der Waals surface area contributed by atoms with Gasteiger partial charge < -0.3 is 14.5 Å². The van der Waals surface area contributed by atoms with Crippen LogP contribution >= 0.6 is 0 Å². The van der Waals surface area contributed by atoms with E-state index in [2.05, 4.69) is 33.0 Å². The fourth-order valence-corrected chi connectivity index (χ4v) is 1.98. The van der Waals surface area contributed by atoms with Gasteiger partial charge in [0.1, 0.15) is 5.76 Å². The summed E-state index contributed by atoms with van der Waals surface area (Å²) in [5.41, 5.74) is 1.14. The van der Waals surface area contributed by atoms with Crippen molar-refractivity contribution in [1.29, 1.82) is 0 Å². The number of rotatable bonds is 8. The highest BCUT2D eigenvalue weighted by Crippen LogP contribution is 2.27. The molecule has 0 aromatic carbocycles. The molecule has 1 atom stereocenters. The van der Waals surface area contributed by atoms with Crippen molar-refractivity contribution in [1.82, 2.24) is 5.32 Å². The molecule has 1 rings (SSSR count). The van der Waals surface area contributed by atoms with Gasteiger partial charge >= 0.3 is 0 Å². The van der Waals surface area contributed by atoms with Crippen LogP contribution in [0.25, 0.3) is 0 Å². The Labute approximate surface area is 111 Å². The summed E-state index contributed by atoms with van der Waals surface area (Å²) in [6, 6.07) is 2.31. The first-order valence-corrected chi connectivity index (χ1v) is 6.82. The maximum absolute atomic E-state index is 5.62. The lowest BCUT2D eigenvalue weighted by Crippen LogP contribution is -2.28. The number of aryl methyl sites for hydroxylation is 1. The van der Waals surface area contributed by atoms with Gasteiger partial charge in [0.05, 0.1) is 17.9 Å². The Morgan fingerprint density at radius 3 is 2.67 bits per heavy atom. The van der Waals surface area contributed by atoms with E-state index < -0.39 is 0 Å². The van der Waals surface area contributed by atoms with Crippen molar-refractivity contribution < 1.29 is 9.15 Å². The summed E-state index contributed by atoms with van der Waals surface area (Å²) in [6.45, 7) is 9.54. The third kappa shape index (κ3) is 4.46. The van der Waals surface area contributed by atoms with Gasteiger partial charge in [0.15, 0.2) is 0 Å². The second-order valence-corrected chi connectivity index (χ2v) is 5.48. The molecule has 3 nitrogen and oxygen atoms in total. The van der Waals surface area contributed by atoms with Crippen molar-refractivity contribution in [2.24, 2.45) is 0 Å². The molecule has 1 aromatic rings. The number of hydrogen-bond donors (Lipinski definition) is 1. The highest BCUT2D eigenvalue weighted by molar-refractivity contribution is 5.18. The van der Waals surface area contributed by atoms with E-state index in [9.17, 15) is 0 Å². The van der Waals surface area contributed by atoms with E-state index in [0.29, 0.717) is 0 Å². The minimum absolute atomic E-state index is 0.0767. The number of furan rings is 1. The Balaban J connectivity index is 2.65. The number of nitrogens with one attached hydrogen (secondary N) is 1. The van der Waals surface area contributed by atoms with Crippen LogP contribution in [0.15, 0.2) is 16.7 Å². The monoisotopic (exact) mass is 253 g/mol. The van der Waals surface area contributed by atoms with Gasteiger partial charge in [-0.2, -0.15) is 0 Å². The summed E-state index contributed by atoms with van der Waals surface area (Å²) in [5.74, 6) is 1.07. The molecule has 0 spiro atoms. The minimum Gasteiger partial charge on any atom is -0.467 e. The Bertz CT molecular complexity index is 344. The first-order valence-electron chi connectivity index (χ1n) is 6.82. The van der Waals surface area contributed by atoms with Crippen molar-refractivity contribution >= 4 is 0 Å². The molecule has 1 aromatic heterocycles. The molecule has 0 bridgehead atoms. The SMILES string of the molecule is CCCNC(CCC(C)(C)OC)c1occc1C. The second-order valence-electron chi connectivity index (χ2n) is 5.48. The van der Waals surface area contributed by atoms with Gasteiger partial charge in [-0.15, -0.1) is 0 Å². The molecule has 0 saturated heterocycles. The molecule has 3 heteroatoms. The Morgan fingerprint density at radius 1 is 1.44 bits per heavy atom. The predicted octanol–water partition coefficient (Wildman–Crippen LogP) is 3.83. The van der Waals surface area contributed by atoms with Gasteiger partial charge in [0.25, 0.3) is 0 Å². The van der Waals surface area contributed by atoms with E-state index in [1.807, 2.05) is 6.07 Å². The zero-order valence-corrected chi connectivity index (χ0v) is 12.4.